The van der Waals surface area contributed by atoms with Crippen molar-refractivity contribution in [3.05, 3.63) is 73.3 Å². The zero-order chi connectivity index (χ0) is 21.5. The Balaban J connectivity index is 1.90. The largest absolute Gasteiger partial charge is 0.324 e. The number of anilines is 1. The molecule has 148 valence electrons. The molecule has 0 aliphatic carbocycles. The fourth-order valence-electron chi connectivity index (χ4n) is 3.10. The van der Waals surface area contributed by atoms with Crippen molar-refractivity contribution in [3.8, 4) is 0 Å². The van der Waals surface area contributed by atoms with Gasteiger partial charge in [0.05, 0.1) is 26.7 Å². The van der Waals surface area contributed by atoms with Crippen LogP contribution in [0.25, 0.3) is 0 Å². The summed E-state index contributed by atoms with van der Waals surface area (Å²) in [4.78, 5) is 59.4. The Morgan fingerprint density at radius 1 is 1.00 bits per heavy atom. The van der Waals surface area contributed by atoms with Gasteiger partial charge in [-0.2, -0.15) is 0 Å². The molecule has 0 saturated carbocycles. The van der Waals surface area contributed by atoms with Gasteiger partial charge in [0.25, 0.3) is 23.2 Å². The first-order chi connectivity index (χ1) is 13.6. The van der Waals surface area contributed by atoms with E-state index in [0.717, 1.165) is 6.07 Å². The second-order valence-electron chi connectivity index (χ2n) is 6.31. The minimum Gasteiger partial charge on any atom is -0.324 e. The van der Waals surface area contributed by atoms with E-state index >= 15 is 0 Å². The lowest BCUT2D eigenvalue weighted by atomic mass is 10.1. The molecule has 1 N–H and O–H groups in total. The summed E-state index contributed by atoms with van der Waals surface area (Å²) in [5, 5.41) is 24.7. The smallest absolute Gasteiger partial charge is 0.282 e. The number of amides is 3. The van der Waals surface area contributed by atoms with E-state index in [-0.39, 0.29) is 28.1 Å². The average molecular weight is 398 g/mol. The van der Waals surface area contributed by atoms with Crippen LogP contribution in [0.3, 0.4) is 0 Å². The standard InChI is InChI=1S/C18H14N4O7/c1-9-12(6-4-7-13(9)21(26)27)19-16(23)10(2)20-17(24)11-5-3-8-14(22(28)29)15(11)18(20)25/h3-8,10H,1-2H3,(H,19,23). The van der Waals surface area contributed by atoms with Gasteiger partial charge in [-0.15, -0.1) is 0 Å². The molecule has 3 amide bonds. The van der Waals surface area contributed by atoms with Crippen molar-refractivity contribution in [1.82, 2.24) is 4.90 Å². The van der Waals surface area contributed by atoms with Gasteiger partial charge in [-0.3, -0.25) is 39.5 Å². The van der Waals surface area contributed by atoms with Gasteiger partial charge in [0.2, 0.25) is 5.91 Å². The number of nitro groups is 2. The summed E-state index contributed by atoms with van der Waals surface area (Å²) >= 11 is 0. The Morgan fingerprint density at radius 3 is 2.21 bits per heavy atom. The van der Waals surface area contributed by atoms with Gasteiger partial charge >= 0.3 is 0 Å². The second kappa shape index (κ2) is 7.11. The lowest BCUT2D eigenvalue weighted by molar-refractivity contribution is -0.385. The van der Waals surface area contributed by atoms with Crippen LogP contribution in [0.2, 0.25) is 0 Å². The van der Waals surface area contributed by atoms with E-state index in [2.05, 4.69) is 5.32 Å². The third-order valence-corrected chi connectivity index (χ3v) is 4.65. The number of hydrogen-bond donors (Lipinski definition) is 1. The van der Waals surface area contributed by atoms with Gasteiger partial charge in [-0.25, -0.2) is 0 Å². The van der Waals surface area contributed by atoms with Gasteiger partial charge in [-0.05, 0) is 26.0 Å². The first-order valence-electron chi connectivity index (χ1n) is 8.35. The lowest BCUT2D eigenvalue weighted by Crippen LogP contribution is -2.45. The van der Waals surface area contributed by atoms with Crippen LogP contribution in [0, 0.1) is 27.2 Å². The Kier molecular flexibility index (Phi) is 4.81. The molecule has 0 fully saturated rings. The Hall–Kier alpha value is -4.15. The first-order valence-corrected chi connectivity index (χ1v) is 8.35. The zero-order valence-corrected chi connectivity index (χ0v) is 15.2. The normalized spacial score (nSPS) is 13.8. The van der Waals surface area contributed by atoms with E-state index in [4.69, 9.17) is 0 Å². The highest BCUT2D eigenvalue weighted by molar-refractivity contribution is 6.24. The topological polar surface area (TPSA) is 153 Å². The SMILES string of the molecule is Cc1c(NC(=O)C(C)N2C(=O)c3cccc([N+](=O)[O-])c3C2=O)cccc1[N+](=O)[O-]. The van der Waals surface area contributed by atoms with Crippen LogP contribution in [-0.4, -0.2) is 38.5 Å². The van der Waals surface area contributed by atoms with Gasteiger partial charge < -0.3 is 5.32 Å². The number of carbonyl (C=O) groups is 3. The van der Waals surface area contributed by atoms with E-state index < -0.39 is 39.3 Å². The van der Waals surface area contributed by atoms with Crippen molar-refractivity contribution >= 4 is 34.8 Å². The third-order valence-electron chi connectivity index (χ3n) is 4.65. The molecule has 0 bridgehead atoms. The minimum atomic E-state index is -1.30. The summed E-state index contributed by atoms with van der Waals surface area (Å²) in [6, 6.07) is 6.46. The quantitative estimate of drug-likeness (QED) is 0.461. The molecule has 1 atom stereocenters. The fraction of sp³-hybridized carbons (Fsp3) is 0.167. The Morgan fingerprint density at radius 2 is 1.59 bits per heavy atom. The van der Waals surface area contributed by atoms with Crippen molar-refractivity contribution in [2.45, 2.75) is 19.9 Å². The van der Waals surface area contributed by atoms with Crippen LogP contribution in [0.5, 0.6) is 0 Å². The van der Waals surface area contributed by atoms with Crippen molar-refractivity contribution in [2.75, 3.05) is 5.32 Å². The summed E-state index contributed by atoms with van der Waals surface area (Å²) < 4.78 is 0. The minimum absolute atomic E-state index is 0.152. The van der Waals surface area contributed by atoms with Crippen LogP contribution in [0.4, 0.5) is 17.1 Å². The van der Waals surface area contributed by atoms with Crippen LogP contribution in [0.15, 0.2) is 36.4 Å². The second-order valence-corrected chi connectivity index (χ2v) is 6.31. The summed E-state index contributed by atoms with van der Waals surface area (Å²) in [6.07, 6.45) is 0. The van der Waals surface area contributed by atoms with Gasteiger partial charge in [0.15, 0.2) is 0 Å². The molecule has 1 heterocycles. The molecular weight excluding hydrogens is 384 g/mol. The van der Waals surface area contributed by atoms with E-state index in [9.17, 15) is 34.6 Å². The molecule has 0 aromatic heterocycles. The van der Waals surface area contributed by atoms with Gasteiger partial charge in [0.1, 0.15) is 11.6 Å². The van der Waals surface area contributed by atoms with E-state index in [1.807, 2.05) is 0 Å². The summed E-state index contributed by atoms with van der Waals surface area (Å²) in [5.41, 5.74) is -0.893. The number of nitrogens with zero attached hydrogens (tertiary/aromatic N) is 3. The van der Waals surface area contributed by atoms with Crippen LogP contribution in [0.1, 0.15) is 33.2 Å². The molecule has 1 unspecified atom stereocenters. The maximum Gasteiger partial charge on any atom is 0.282 e. The summed E-state index contributed by atoms with van der Waals surface area (Å²) in [6.45, 7) is 2.74. The predicted molar refractivity (Wildman–Crippen MR) is 99.5 cm³/mol. The third kappa shape index (κ3) is 3.18. The number of fused-ring (bicyclic) bond motifs is 1. The number of nitrogens with one attached hydrogen (secondary N) is 1. The molecule has 29 heavy (non-hydrogen) atoms. The number of carbonyl (C=O) groups excluding carboxylic acids is 3. The molecule has 0 saturated heterocycles. The highest BCUT2D eigenvalue weighted by Crippen LogP contribution is 2.32. The first kappa shape index (κ1) is 19.6. The molecule has 3 rings (SSSR count). The summed E-state index contributed by atoms with van der Waals surface area (Å²) in [7, 11) is 0. The number of nitro benzene ring substituents is 2. The summed E-state index contributed by atoms with van der Waals surface area (Å²) in [5.74, 6) is -2.55. The van der Waals surface area contributed by atoms with Crippen LogP contribution >= 0.6 is 0 Å². The molecule has 11 heteroatoms. The highest BCUT2D eigenvalue weighted by atomic mass is 16.6. The lowest BCUT2D eigenvalue weighted by Gasteiger charge is -2.22. The molecule has 11 nitrogen and oxygen atoms in total. The highest BCUT2D eigenvalue weighted by Gasteiger charge is 2.44. The maximum absolute atomic E-state index is 12.7. The maximum atomic E-state index is 12.7. The number of benzene rings is 2. The molecule has 0 spiro atoms. The average Bonchev–Trinajstić information content (AvgIpc) is 2.93. The van der Waals surface area contributed by atoms with Crippen molar-refractivity contribution in [2.24, 2.45) is 0 Å². The molecule has 2 aromatic carbocycles. The van der Waals surface area contributed by atoms with Crippen LogP contribution in [-0.2, 0) is 4.79 Å². The van der Waals surface area contributed by atoms with Gasteiger partial charge in [-0.1, -0.05) is 12.1 Å². The Labute approximate surface area is 163 Å². The molecule has 0 radical (unpaired) electrons. The van der Waals surface area contributed by atoms with Crippen molar-refractivity contribution < 1.29 is 24.2 Å². The molecule has 2 aromatic rings. The van der Waals surface area contributed by atoms with E-state index in [0.29, 0.717) is 4.90 Å². The predicted octanol–water partition coefficient (Wildman–Crippen LogP) is 2.43. The number of rotatable bonds is 5. The number of imide groups is 1. The fourth-order valence-corrected chi connectivity index (χ4v) is 3.10. The van der Waals surface area contributed by atoms with Crippen molar-refractivity contribution in [1.29, 1.82) is 0 Å². The molecule has 1 aliphatic heterocycles. The Bertz CT molecular complexity index is 1100. The van der Waals surface area contributed by atoms with Crippen LogP contribution < -0.4 is 5.32 Å². The van der Waals surface area contributed by atoms with Gasteiger partial charge in [0, 0.05) is 12.1 Å². The number of hydrogen-bond acceptors (Lipinski definition) is 7. The van der Waals surface area contributed by atoms with E-state index in [1.54, 1.807) is 0 Å². The van der Waals surface area contributed by atoms with Crippen molar-refractivity contribution in [3.63, 3.8) is 0 Å². The molecule has 1 aliphatic rings. The molecular formula is C18H14N4O7. The van der Waals surface area contributed by atoms with E-state index in [1.165, 1.54) is 44.2 Å². The zero-order valence-electron chi connectivity index (χ0n) is 15.2. The monoisotopic (exact) mass is 398 g/mol.